The second kappa shape index (κ2) is 9.01. The van der Waals surface area contributed by atoms with Crippen LogP contribution < -0.4 is 15.6 Å². The summed E-state index contributed by atoms with van der Waals surface area (Å²) in [5, 5.41) is 7.46. The van der Waals surface area contributed by atoms with Crippen LogP contribution in [0, 0.1) is 0 Å². The molecule has 9 heteroatoms. The van der Waals surface area contributed by atoms with E-state index in [-0.39, 0.29) is 35.5 Å². The summed E-state index contributed by atoms with van der Waals surface area (Å²) in [5.41, 5.74) is 1.23. The van der Waals surface area contributed by atoms with Crippen molar-refractivity contribution in [3.63, 3.8) is 0 Å². The summed E-state index contributed by atoms with van der Waals surface area (Å²) in [4.78, 5) is 29.6. The van der Waals surface area contributed by atoms with Gasteiger partial charge in [0.2, 0.25) is 5.91 Å². The number of aryl methyl sites for hydroxylation is 1. The summed E-state index contributed by atoms with van der Waals surface area (Å²) in [6.45, 7) is 2.49. The molecule has 4 aromatic rings. The smallest absolute Gasteiger partial charge is 0.266 e. The number of halogens is 1. The van der Waals surface area contributed by atoms with Crippen molar-refractivity contribution in [1.29, 1.82) is 0 Å². The van der Waals surface area contributed by atoms with E-state index in [9.17, 15) is 9.59 Å². The number of aromatic nitrogens is 3. The molecule has 0 radical (unpaired) electrons. The van der Waals surface area contributed by atoms with E-state index in [0.717, 1.165) is 0 Å². The Hall–Kier alpha value is -3.65. The lowest BCUT2D eigenvalue weighted by molar-refractivity contribution is -0.116. The number of benzene rings is 2. The molecule has 8 nitrogen and oxygen atoms in total. The predicted molar refractivity (Wildman–Crippen MR) is 117 cm³/mol. The first kappa shape index (κ1) is 20.6. The second-order valence-corrected chi connectivity index (χ2v) is 7.07. The van der Waals surface area contributed by atoms with Crippen molar-refractivity contribution < 1.29 is 14.1 Å². The molecule has 0 aliphatic rings. The molecule has 0 saturated heterocycles. The molecule has 2 aromatic carbocycles. The first-order valence-electron chi connectivity index (χ1n) is 9.70. The number of carbonyl (C=O) groups excluding carboxylic acids is 1. The highest BCUT2D eigenvalue weighted by atomic mass is 35.5. The lowest BCUT2D eigenvalue weighted by Crippen LogP contribution is -2.23. The number of para-hydroxylation sites is 2. The van der Waals surface area contributed by atoms with Gasteiger partial charge in [-0.15, -0.1) is 0 Å². The van der Waals surface area contributed by atoms with E-state index in [0.29, 0.717) is 34.3 Å². The van der Waals surface area contributed by atoms with Crippen LogP contribution in [0.2, 0.25) is 5.02 Å². The van der Waals surface area contributed by atoms with Crippen molar-refractivity contribution in [2.75, 3.05) is 11.9 Å². The van der Waals surface area contributed by atoms with Gasteiger partial charge < -0.3 is 14.6 Å². The van der Waals surface area contributed by atoms with Crippen molar-refractivity contribution in [3.8, 4) is 17.0 Å². The minimum absolute atomic E-state index is 0.0697. The lowest BCUT2D eigenvalue weighted by Gasteiger charge is -2.11. The third-order valence-electron chi connectivity index (χ3n) is 4.63. The molecule has 2 aromatic heterocycles. The number of nitrogens with zero attached hydrogens (tertiary/aromatic N) is 3. The average Bonchev–Trinajstić information content (AvgIpc) is 3.20. The van der Waals surface area contributed by atoms with Crippen molar-refractivity contribution in [3.05, 3.63) is 70.2 Å². The van der Waals surface area contributed by atoms with E-state index in [1.54, 1.807) is 36.4 Å². The number of fused-ring (bicyclic) bond motifs is 1. The van der Waals surface area contributed by atoms with Crippen molar-refractivity contribution in [1.82, 2.24) is 14.7 Å². The number of ether oxygens (including phenoxy) is 1. The zero-order valence-corrected chi connectivity index (χ0v) is 17.4. The maximum absolute atomic E-state index is 13.0. The predicted octanol–water partition coefficient (Wildman–Crippen LogP) is 4.13. The maximum Gasteiger partial charge on any atom is 0.266 e. The number of rotatable bonds is 7. The Bertz CT molecular complexity index is 1300. The van der Waals surface area contributed by atoms with E-state index < -0.39 is 0 Å². The molecule has 0 saturated carbocycles. The van der Waals surface area contributed by atoms with Gasteiger partial charge in [-0.05, 0) is 25.1 Å². The molecular formula is C22H19ClN4O4. The number of nitrogens with one attached hydrogen (secondary N) is 1. The zero-order chi connectivity index (χ0) is 21.8. The zero-order valence-electron chi connectivity index (χ0n) is 16.7. The van der Waals surface area contributed by atoms with Crippen LogP contribution in [0.1, 0.15) is 13.3 Å². The van der Waals surface area contributed by atoms with Gasteiger partial charge in [-0.2, -0.15) is 0 Å². The number of amides is 1. The van der Waals surface area contributed by atoms with Gasteiger partial charge in [0, 0.05) is 18.5 Å². The second-order valence-electron chi connectivity index (χ2n) is 6.66. The van der Waals surface area contributed by atoms with Crippen LogP contribution >= 0.6 is 11.6 Å². The number of hydrogen-bond acceptors (Lipinski definition) is 6. The molecular weight excluding hydrogens is 420 g/mol. The van der Waals surface area contributed by atoms with E-state index in [4.69, 9.17) is 20.9 Å². The Morgan fingerprint density at radius 3 is 2.77 bits per heavy atom. The molecule has 1 N–H and O–H groups in total. The summed E-state index contributed by atoms with van der Waals surface area (Å²) >= 11 is 6.25. The fourth-order valence-electron chi connectivity index (χ4n) is 3.16. The van der Waals surface area contributed by atoms with Gasteiger partial charge in [-0.25, -0.2) is 4.98 Å². The highest BCUT2D eigenvalue weighted by molar-refractivity contribution is 6.33. The van der Waals surface area contributed by atoms with Gasteiger partial charge in [-0.3, -0.25) is 14.2 Å². The van der Waals surface area contributed by atoms with Crippen molar-refractivity contribution in [2.24, 2.45) is 0 Å². The number of carbonyl (C=O) groups is 1. The molecule has 158 valence electrons. The molecule has 31 heavy (non-hydrogen) atoms. The van der Waals surface area contributed by atoms with Crippen LogP contribution in [0.4, 0.5) is 5.69 Å². The highest BCUT2D eigenvalue weighted by Gasteiger charge is 2.19. The molecule has 4 rings (SSSR count). The quantitative estimate of drug-likeness (QED) is 0.465. The first-order valence-corrected chi connectivity index (χ1v) is 10.1. The summed E-state index contributed by atoms with van der Waals surface area (Å²) in [6, 6.07) is 14.2. The third kappa shape index (κ3) is 4.29. The van der Waals surface area contributed by atoms with E-state index in [2.05, 4.69) is 15.5 Å². The normalized spacial score (nSPS) is 10.9. The van der Waals surface area contributed by atoms with E-state index in [1.807, 2.05) is 19.1 Å². The van der Waals surface area contributed by atoms with Gasteiger partial charge in [0.25, 0.3) is 11.3 Å². The summed E-state index contributed by atoms with van der Waals surface area (Å²) in [7, 11) is 0. The van der Waals surface area contributed by atoms with Crippen LogP contribution in [-0.4, -0.2) is 27.2 Å². The lowest BCUT2D eigenvalue weighted by atomic mass is 10.1. The van der Waals surface area contributed by atoms with Gasteiger partial charge >= 0.3 is 0 Å². The van der Waals surface area contributed by atoms with Crippen LogP contribution in [0.5, 0.6) is 5.75 Å². The highest BCUT2D eigenvalue weighted by Crippen LogP contribution is 2.30. The van der Waals surface area contributed by atoms with E-state index in [1.165, 1.54) is 10.9 Å². The van der Waals surface area contributed by atoms with Crippen LogP contribution in [0.15, 0.2) is 64.2 Å². The van der Waals surface area contributed by atoms with Gasteiger partial charge in [0.1, 0.15) is 23.2 Å². The minimum atomic E-state index is -0.358. The molecule has 2 heterocycles. The largest absolute Gasteiger partial charge is 0.492 e. The molecule has 0 spiro atoms. The summed E-state index contributed by atoms with van der Waals surface area (Å²) < 4.78 is 12.1. The molecule has 0 aliphatic heterocycles. The number of anilines is 1. The Morgan fingerprint density at radius 2 is 1.97 bits per heavy atom. The minimum Gasteiger partial charge on any atom is -0.492 e. The first-order chi connectivity index (χ1) is 15.1. The maximum atomic E-state index is 13.0. The fraction of sp³-hybridized carbons (Fsp3) is 0.182. The Kier molecular flexibility index (Phi) is 5.99. The van der Waals surface area contributed by atoms with Gasteiger partial charge in [0.15, 0.2) is 0 Å². The van der Waals surface area contributed by atoms with Gasteiger partial charge in [0.05, 0.1) is 17.3 Å². The molecule has 0 atom stereocenters. The van der Waals surface area contributed by atoms with Gasteiger partial charge in [-0.1, -0.05) is 47.1 Å². The monoisotopic (exact) mass is 438 g/mol. The van der Waals surface area contributed by atoms with E-state index >= 15 is 0 Å². The third-order valence-corrected chi connectivity index (χ3v) is 4.96. The van der Waals surface area contributed by atoms with Crippen LogP contribution in [0.3, 0.4) is 0 Å². The Labute approximate surface area is 182 Å². The van der Waals surface area contributed by atoms with Crippen molar-refractivity contribution >= 4 is 34.3 Å². The molecule has 1 amide bonds. The molecule has 0 unspecified atom stereocenters. The topological polar surface area (TPSA) is 99.2 Å². The SMILES string of the molecule is CCOc1ccccc1NC(=O)CCn1cnc2onc(-c3ccccc3Cl)c2c1=O. The molecule has 0 bridgehead atoms. The Morgan fingerprint density at radius 1 is 1.19 bits per heavy atom. The summed E-state index contributed by atoms with van der Waals surface area (Å²) in [5.74, 6) is 0.336. The summed E-state index contributed by atoms with van der Waals surface area (Å²) in [6.07, 6.45) is 1.41. The molecule has 0 fully saturated rings. The van der Waals surface area contributed by atoms with Crippen molar-refractivity contribution in [2.45, 2.75) is 19.9 Å². The van der Waals surface area contributed by atoms with Crippen LogP contribution in [-0.2, 0) is 11.3 Å². The fourth-order valence-corrected chi connectivity index (χ4v) is 3.39. The number of hydrogen-bond donors (Lipinski definition) is 1. The standard InChI is InChI=1S/C22H19ClN4O4/c1-2-30-17-10-6-5-9-16(17)25-18(28)11-12-27-13-24-21-19(22(27)29)20(26-31-21)14-7-3-4-8-15(14)23/h3-10,13H,2,11-12H2,1H3,(H,25,28). The molecule has 0 aliphatic carbocycles. The Balaban J connectivity index is 1.55. The van der Waals surface area contributed by atoms with Crippen LogP contribution in [0.25, 0.3) is 22.4 Å². The average molecular weight is 439 g/mol.